The Balaban J connectivity index is 1.68. The number of benzene rings is 2. The average Bonchev–Trinajstić information content (AvgIpc) is 2.86. The summed E-state index contributed by atoms with van der Waals surface area (Å²) < 4.78 is 38.9. The second-order valence-electron chi connectivity index (χ2n) is 9.04. The summed E-state index contributed by atoms with van der Waals surface area (Å²) in [7, 11) is 0. The second kappa shape index (κ2) is 12.1. The standard InChI is InChI=1S/C27H34F3N3O2/c1-3-5-15-31-26(35)33-18-22(13-14-24(33)21-11-9-19(4-2)10-12-21)25(34)32-17-20-7-6-8-23(16-20)27(28,29)30/h6-12,16,22,24H,3-5,13-15,17-18H2,1-2H3,(H,31,35)(H,32,34). The molecule has 0 aromatic heterocycles. The van der Waals surface area contributed by atoms with Crippen molar-refractivity contribution in [1.82, 2.24) is 15.5 Å². The molecule has 3 rings (SSSR count). The number of carbonyl (C=O) groups is 2. The van der Waals surface area contributed by atoms with E-state index in [4.69, 9.17) is 0 Å². The van der Waals surface area contributed by atoms with Gasteiger partial charge in [-0.1, -0.05) is 56.7 Å². The van der Waals surface area contributed by atoms with Crippen molar-refractivity contribution in [3.8, 4) is 0 Å². The van der Waals surface area contributed by atoms with Gasteiger partial charge in [0.05, 0.1) is 17.5 Å². The minimum absolute atomic E-state index is 0.00383. The van der Waals surface area contributed by atoms with Gasteiger partial charge in [0.25, 0.3) is 0 Å². The summed E-state index contributed by atoms with van der Waals surface area (Å²) in [5.41, 5.74) is 1.90. The van der Waals surface area contributed by atoms with E-state index in [9.17, 15) is 22.8 Å². The van der Waals surface area contributed by atoms with Crippen molar-refractivity contribution < 1.29 is 22.8 Å². The van der Waals surface area contributed by atoms with E-state index in [0.717, 1.165) is 37.0 Å². The molecular weight excluding hydrogens is 455 g/mol. The summed E-state index contributed by atoms with van der Waals surface area (Å²) >= 11 is 0. The van der Waals surface area contributed by atoms with Crippen LogP contribution in [0.3, 0.4) is 0 Å². The largest absolute Gasteiger partial charge is 0.416 e. The Morgan fingerprint density at radius 2 is 1.74 bits per heavy atom. The van der Waals surface area contributed by atoms with Gasteiger partial charge in [-0.15, -0.1) is 0 Å². The normalized spacial score (nSPS) is 18.3. The molecule has 2 N–H and O–H groups in total. The number of likely N-dealkylation sites (tertiary alicyclic amines) is 1. The number of aryl methyl sites for hydroxylation is 1. The second-order valence-corrected chi connectivity index (χ2v) is 9.04. The van der Waals surface area contributed by atoms with Crippen LogP contribution in [0.1, 0.15) is 67.8 Å². The number of nitrogens with zero attached hydrogens (tertiary/aromatic N) is 1. The Labute approximate surface area is 205 Å². The van der Waals surface area contributed by atoms with Crippen LogP contribution in [0.4, 0.5) is 18.0 Å². The fourth-order valence-corrected chi connectivity index (χ4v) is 4.40. The zero-order valence-electron chi connectivity index (χ0n) is 20.3. The molecule has 8 heteroatoms. The van der Waals surface area contributed by atoms with E-state index in [0.29, 0.717) is 24.9 Å². The van der Waals surface area contributed by atoms with E-state index in [2.05, 4.69) is 36.6 Å². The molecule has 0 spiro atoms. The maximum atomic E-state index is 13.0. The number of halogens is 3. The molecule has 0 radical (unpaired) electrons. The van der Waals surface area contributed by atoms with Crippen molar-refractivity contribution in [1.29, 1.82) is 0 Å². The van der Waals surface area contributed by atoms with Gasteiger partial charge in [0.1, 0.15) is 0 Å². The summed E-state index contributed by atoms with van der Waals surface area (Å²) in [6.45, 7) is 4.97. The maximum Gasteiger partial charge on any atom is 0.416 e. The number of hydrogen-bond acceptors (Lipinski definition) is 2. The quantitative estimate of drug-likeness (QED) is 0.457. The zero-order chi connectivity index (χ0) is 25.4. The fraction of sp³-hybridized carbons (Fsp3) is 0.481. The van der Waals surface area contributed by atoms with Crippen molar-refractivity contribution in [3.05, 3.63) is 70.8 Å². The van der Waals surface area contributed by atoms with Crippen LogP contribution in [0.25, 0.3) is 0 Å². The number of amides is 3. The average molecular weight is 490 g/mol. The first-order valence-corrected chi connectivity index (χ1v) is 12.3. The molecule has 1 aliphatic heterocycles. The van der Waals surface area contributed by atoms with Crippen molar-refractivity contribution in [2.75, 3.05) is 13.1 Å². The summed E-state index contributed by atoms with van der Waals surface area (Å²) in [6, 6.07) is 12.8. The highest BCUT2D eigenvalue weighted by Gasteiger charge is 2.35. The van der Waals surface area contributed by atoms with Gasteiger partial charge in [0.15, 0.2) is 0 Å². The first kappa shape index (κ1) is 26.6. The van der Waals surface area contributed by atoms with Gasteiger partial charge in [-0.25, -0.2) is 4.79 Å². The van der Waals surface area contributed by atoms with E-state index < -0.39 is 17.7 Å². The van der Waals surface area contributed by atoms with Gasteiger partial charge in [-0.3, -0.25) is 4.79 Å². The molecule has 1 fully saturated rings. The Hall–Kier alpha value is -3.03. The summed E-state index contributed by atoms with van der Waals surface area (Å²) in [4.78, 5) is 27.7. The van der Waals surface area contributed by atoms with Crippen LogP contribution in [0.5, 0.6) is 0 Å². The molecule has 1 heterocycles. The van der Waals surface area contributed by atoms with Crippen molar-refractivity contribution in [2.45, 2.75) is 64.7 Å². The van der Waals surface area contributed by atoms with Crippen LogP contribution in [-0.2, 0) is 23.9 Å². The lowest BCUT2D eigenvalue weighted by atomic mass is 9.88. The molecule has 1 aliphatic rings. The molecule has 2 atom stereocenters. The lowest BCUT2D eigenvalue weighted by Crippen LogP contribution is -2.50. The highest BCUT2D eigenvalue weighted by atomic mass is 19.4. The van der Waals surface area contributed by atoms with Crippen molar-refractivity contribution >= 4 is 11.9 Å². The number of unbranched alkanes of at least 4 members (excludes halogenated alkanes) is 1. The Morgan fingerprint density at radius 3 is 2.40 bits per heavy atom. The molecule has 0 saturated carbocycles. The number of hydrogen-bond donors (Lipinski definition) is 2. The van der Waals surface area contributed by atoms with E-state index in [-0.39, 0.29) is 31.1 Å². The van der Waals surface area contributed by atoms with Crippen molar-refractivity contribution in [2.24, 2.45) is 5.92 Å². The fourth-order valence-electron chi connectivity index (χ4n) is 4.40. The predicted molar refractivity (Wildman–Crippen MR) is 130 cm³/mol. The summed E-state index contributed by atoms with van der Waals surface area (Å²) in [5, 5.41) is 5.73. The first-order valence-electron chi connectivity index (χ1n) is 12.3. The van der Waals surface area contributed by atoms with Crippen LogP contribution < -0.4 is 10.6 Å². The summed E-state index contributed by atoms with van der Waals surface area (Å²) in [6.07, 6.45) is -0.444. The van der Waals surface area contributed by atoms with Gasteiger partial charge < -0.3 is 15.5 Å². The number of carbonyl (C=O) groups excluding carboxylic acids is 2. The van der Waals surface area contributed by atoms with E-state index >= 15 is 0 Å². The smallest absolute Gasteiger partial charge is 0.352 e. The van der Waals surface area contributed by atoms with Crippen LogP contribution in [0, 0.1) is 5.92 Å². The number of alkyl halides is 3. The third-order valence-electron chi connectivity index (χ3n) is 6.51. The number of rotatable bonds is 8. The van der Waals surface area contributed by atoms with E-state index in [1.165, 1.54) is 11.6 Å². The molecular formula is C27H34F3N3O2. The third-order valence-corrected chi connectivity index (χ3v) is 6.51. The highest BCUT2D eigenvalue weighted by Crippen LogP contribution is 2.34. The molecule has 2 aromatic rings. The molecule has 1 saturated heterocycles. The summed E-state index contributed by atoms with van der Waals surface area (Å²) in [5.74, 6) is -0.683. The number of nitrogens with one attached hydrogen (secondary N) is 2. The van der Waals surface area contributed by atoms with Gasteiger partial charge in [0.2, 0.25) is 5.91 Å². The Morgan fingerprint density at radius 1 is 1.00 bits per heavy atom. The van der Waals surface area contributed by atoms with Gasteiger partial charge in [0, 0.05) is 19.6 Å². The number of piperidine rings is 1. The van der Waals surface area contributed by atoms with Gasteiger partial charge in [-0.2, -0.15) is 13.2 Å². The topological polar surface area (TPSA) is 61.4 Å². The molecule has 3 amide bonds. The van der Waals surface area contributed by atoms with E-state index in [1.54, 1.807) is 11.0 Å². The lowest BCUT2D eigenvalue weighted by Gasteiger charge is -2.39. The molecule has 2 unspecified atom stereocenters. The van der Waals surface area contributed by atoms with Gasteiger partial charge in [-0.05, 0) is 54.5 Å². The number of urea groups is 1. The SMILES string of the molecule is CCCCNC(=O)N1CC(C(=O)NCc2cccc(C(F)(F)F)c2)CCC1c1ccc(CC)cc1. The minimum atomic E-state index is -4.43. The van der Waals surface area contributed by atoms with Gasteiger partial charge >= 0.3 is 12.2 Å². The molecule has 5 nitrogen and oxygen atoms in total. The first-order chi connectivity index (χ1) is 16.7. The molecule has 190 valence electrons. The molecule has 0 bridgehead atoms. The van der Waals surface area contributed by atoms with Crippen LogP contribution in [0.2, 0.25) is 0 Å². The maximum absolute atomic E-state index is 13.0. The third kappa shape index (κ3) is 7.23. The van der Waals surface area contributed by atoms with Crippen LogP contribution in [0.15, 0.2) is 48.5 Å². The minimum Gasteiger partial charge on any atom is -0.352 e. The van der Waals surface area contributed by atoms with Crippen molar-refractivity contribution in [3.63, 3.8) is 0 Å². The molecule has 35 heavy (non-hydrogen) atoms. The van der Waals surface area contributed by atoms with E-state index in [1.807, 2.05) is 12.1 Å². The zero-order valence-corrected chi connectivity index (χ0v) is 20.3. The Bertz CT molecular complexity index is 992. The Kier molecular flexibility index (Phi) is 9.18. The predicted octanol–water partition coefficient (Wildman–Crippen LogP) is 5.85. The monoisotopic (exact) mass is 489 g/mol. The molecule has 2 aromatic carbocycles. The van der Waals surface area contributed by atoms with Crippen LogP contribution in [-0.4, -0.2) is 29.9 Å². The lowest BCUT2D eigenvalue weighted by molar-refractivity contribution is -0.137. The highest BCUT2D eigenvalue weighted by molar-refractivity contribution is 5.81. The molecule has 0 aliphatic carbocycles. The van der Waals surface area contributed by atoms with Crippen LogP contribution >= 0.6 is 0 Å².